The van der Waals surface area contributed by atoms with Crippen LogP contribution in [0.4, 0.5) is 11.4 Å². The second-order valence-electron chi connectivity index (χ2n) is 6.35. The van der Waals surface area contributed by atoms with E-state index in [-0.39, 0.29) is 11.8 Å². The van der Waals surface area contributed by atoms with E-state index in [2.05, 4.69) is 16.9 Å². The molecule has 3 rings (SSSR count). The molecule has 0 aromatic heterocycles. The van der Waals surface area contributed by atoms with Gasteiger partial charge >= 0.3 is 0 Å². The quantitative estimate of drug-likeness (QED) is 0.793. The van der Waals surface area contributed by atoms with Crippen LogP contribution in [-0.4, -0.2) is 49.7 Å². The Hall–Kier alpha value is -2.37. The Labute approximate surface area is 136 Å². The molecule has 1 atom stereocenters. The predicted molar refractivity (Wildman–Crippen MR) is 90.7 cm³/mol. The van der Waals surface area contributed by atoms with E-state index in [4.69, 9.17) is 0 Å². The molecule has 0 fully saturated rings. The van der Waals surface area contributed by atoms with Crippen LogP contribution < -0.4 is 9.80 Å². The van der Waals surface area contributed by atoms with Gasteiger partial charge in [0.2, 0.25) is 5.91 Å². The van der Waals surface area contributed by atoms with Crippen molar-refractivity contribution in [3.63, 3.8) is 0 Å². The maximum Gasteiger partial charge on any atom is 0.274 e. The van der Waals surface area contributed by atoms with Crippen molar-refractivity contribution in [1.29, 1.82) is 0 Å². The number of para-hydroxylation sites is 2. The molecule has 0 saturated heterocycles. The molecule has 0 spiro atoms. The van der Waals surface area contributed by atoms with Crippen LogP contribution in [0, 0.1) is 5.92 Å². The molecule has 1 unspecified atom stereocenters. The summed E-state index contributed by atoms with van der Waals surface area (Å²) >= 11 is 0. The number of fused-ring (bicyclic) bond motifs is 1. The summed E-state index contributed by atoms with van der Waals surface area (Å²) in [6.07, 6.45) is 0.747. The lowest BCUT2D eigenvalue weighted by Gasteiger charge is -2.27. The normalized spacial score (nSPS) is 21.7. The van der Waals surface area contributed by atoms with E-state index in [0.29, 0.717) is 31.0 Å². The first-order valence-corrected chi connectivity index (χ1v) is 7.93. The van der Waals surface area contributed by atoms with Gasteiger partial charge in [0.05, 0.1) is 11.4 Å². The molecular formula is C17H22N4O2. The van der Waals surface area contributed by atoms with Gasteiger partial charge in [-0.1, -0.05) is 19.1 Å². The molecule has 0 aliphatic carbocycles. The minimum absolute atomic E-state index is 0.0501. The molecule has 23 heavy (non-hydrogen) atoms. The van der Waals surface area contributed by atoms with E-state index in [1.54, 1.807) is 7.05 Å². The molecule has 2 aliphatic rings. The highest BCUT2D eigenvalue weighted by Gasteiger charge is 2.31. The van der Waals surface area contributed by atoms with Crippen molar-refractivity contribution in [1.82, 2.24) is 5.01 Å². The van der Waals surface area contributed by atoms with E-state index < -0.39 is 0 Å². The number of rotatable bonds is 1. The van der Waals surface area contributed by atoms with Gasteiger partial charge in [-0.25, -0.2) is 5.01 Å². The van der Waals surface area contributed by atoms with E-state index in [1.807, 2.05) is 36.2 Å². The van der Waals surface area contributed by atoms with Gasteiger partial charge in [0.25, 0.3) is 5.91 Å². The maximum atomic E-state index is 13.0. The number of carbonyl (C=O) groups excluding carboxylic acids is 2. The lowest BCUT2D eigenvalue weighted by atomic mass is 10.1. The minimum atomic E-state index is -0.0982. The molecule has 0 saturated carbocycles. The predicted octanol–water partition coefficient (Wildman–Crippen LogP) is 1.71. The van der Waals surface area contributed by atoms with Gasteiger partial charge in [0, 0.05) is 40.0 Å². The number of amides is 2. The van der Waals surface area contributed by atoms with Crippen LogP contribution in [0.15, 0.2) is 29.4 Å². The SMILES string of the molecule is CC1CN(C)c2ccccc2N(C(=O)C2=NN(C)C(=O)CC2)C1. The minimum Gasteiger partial charge on any atom is -0.373 e. The highest BCUT2D eigenvalue weighted by molar-refractivity contribution is 6.44. The van der Waals surface area contributed by atoms with Crippen LogP contribution in [0.3, 0.4) is 0 Å². The lowest BCUT2D eigenvalue weighted by Crippen LogP contribution is -2.42. The molecule has 0 bridgehead atoms. The summed E-state index contributed by atoms with van der Waals surface area (Å²) in [5, 5.41) is 5.46. The Balaban J connectivity index is 1.97. The molecule has 1 aromatic rings. The standard InChI is InChI=1S/C17H22N4O2/c1-12-10-19(2)14-6-4-5-7-15(14)21(11-12)17(23)13-8-9-16(22)20(3)18-13/h4-7,12H,8-11H2,1-3H3. The number of anilines is 2. The maximum absolute atomic E-state index is 13.0. The van der Waals surface area contributed by atoms with Crippen molar-refractivity contribution in [3.8, 4) is 0 Å². The summed E-state index contributed by atoms with van der Waals surface area (Å²) in [7, 11) is 3.65. The zero-order chi connectivity index (χ0) is 16.6. The second kappa shape index (κ2) is 6.02. The Morgan fingerprint density at radius 1 is 1.13 bits per heavy atom. The number of hydrogen-bond acceptors (Lipinski definition) is 4. The molecule has 0 radical (unpaired) electrons. The lowest BCUT2D eigenvalue weighted by molar-refractivity contribution is -0.130. The monoisotopic (exact) mass is 314 g/mol. The van der Waals surface area contributed by atoms with Crippen molar-refractivity contribution in [2.45, 2.75) is 19.8 Å². The first kappa shape index (κ1) is 15.5. The van der Waals surface area contributed by atoms with Crippen molar-refractivity contribution in [2.24, 2.45) is 11.0 Å². The molecule has 0 N–H and O–H groups in total. The van der Waals surface area contributed by atoms with Gasteiger partial charge in [-0.2, -0.15) is 5.10 Å². The molecule has 2 amide bonds. The number of nitrogens with zero attached hydrogens (tertiary/aromatic N) is 4. The zero-order valence-electron chi connectivity index (χ0n) is 13.8. The van der Waals surface area contributed by atoms with E-state index in [0.717, 1.165) is 17.9 Å². The van der Waals surface area contributed by atoms with Crippen molar-refractivity contribution >= 4 is 28.9 Å². The molecular weight excluding hydrogens is 292 g/mol. The van der Waals surface area contributed by atoms with Gasteiger partial charge < -0.3 is 9.80 Å². The summed E-state index contributed by atoms with van der Waals surface area (Å²) < 4.78 is 0. The highest BCUT2D eigenvalue weighted by atomic mass is 16.2. The molecule has 6 heteroatoms. The third-order valence-electron chi connectivity index (χ3n) is 4.36. The van der Waals surface area contributed by atoms with E-state index >= 15 is 0 Å². The largest absolute Gasteiger partial charge is 0.373 e. The first-order valence-electron chi connectivity index (χ1n) is 7.93. The van der Waals surface area contributed by atoms with Crippen LogP contribution in [-0.2, 0) is 9.59 Å². The summed E-state index contributed by atoms with van der Waals surface area (Å²) in [4.78, 5) is 28.6. The highest BCUT2D eigenvalue weighted by Crippen LogP contribution is 2.33. The average Bonchev–Trinajstić information content (AvgIpc) is 2.66. The second-order valence-corrected chi connectivity index (χ2v) is 6.35. The summed E-state index contributed by atoms with van der Waals surface area (Å²) in [6.45, 7) is 3.68. The zero-order valence-corrected chi connectivity index (χ0v) is 13.8. The fourth-order valence-corrected chi connectivity index (χ4v) is 3.22. The van der Waals surface area contributed by atoms with E-state index in [1.165, 1.54) is 5.01 Å². The number of benzene rings is 1. The Bertz CT molecular complexity index is 670. The topological polar surface area (TPSA) is 56.2 Å². The van der Waals surface area contributed by atoms with Crippen LogP contribution >= 0.6 is 0 Å². The Morgan fingerprint density at radius 2 is 1.83 bits per heavy atom. The van der Waals surface area contributed by atoms with Crippen LogP contribution in [0.2, 0.25) is 0 Å². The van der Waals surface area contributed by atoms with Gasteiger partial charge in [-0.05, 0) is 18.1 Å². The first-order chi connectivity index (χ1) is 11.0. The summed E-state index contributed by atoms with van der Waals surface area (Å²) in [5.41, 5.74) is 2.41. The molecule has 122 valence electrons. The third-order valence-corrected chi connectivity index (χ3v) is 4.36. The Morgan fingerprint density at radius 3 is 2.52 bits per heavy atom. The van der Waals surface area contributed by atoms with Gasteiger partial charge in [-0.3, -0.25) is 9.59 Å². The number of hydrazone groups is 1. The summed E-state index contributed by atoms with van der Waals surface area (Å²) in [5.74, 6) is 0.199. The Kier molecular flexibility index (Phi) is 4.07. The number of carbonyl (C=O) groups is 2. The average molecular weight is 314 g/mol. The fourth-order valence-electron chi connectivity index (χ4n) is 3.22. The van der Waals surface area contributed by atoms with E-state index in [9.17, 15) is 9.59 Å². The van der Waals surface area contributed by atoms with Crippen LogP contribution in [0.1, 0.15) is 19.8 Å². The van der Waals surface area contributed by atoms with Gasteiger partial charge in [-0.15, -0.1) is 0 Å². The van der Waals surface area contributed by atoms with Crippen molar-refractivity contribution in [3.05, 3.63) is 24.3 Å². The van der Waals surface area contributed by atoms with Crippen LogP contribution in [0.25, 0.3) is 0 Å². The third kappa shape index (κ3) is 2.93. The van der Waals surface area contributed by atoms with Crippen molar-refractivity contribution < 1.29 is 9.59 Å². The smallest absolute Gasteiger partial charge is 0.274 e. The fraction of sp³-hybridized carbons (Fsp3) is 0.471. The molecule has 6 nitrogen and oxygen atoms in total. The molecule has 2 aliphatic heterocycles. The van der Waals surface area contributed by atoms with Crippen LogP contribution in [0.5, 0.6) is 0 Å². The van der Waals surface area contributed by atoms with Gasteiger partial charge in [0.1, 0.15) is 5.71 Å². The van der Waals surface area contributed by atoms with Crippen molar-refractivity contribution in [2.75, 3.05) is 37.0 Å². The molecule has 2 heterocycles. The number of hydrogen-bond donors (Lipinski definition) is 0. The van der Waals surface area contributed by atoms with Gasteiger partial charge in [0.15, 0.2) is 0 Å². The summed E-state index contributed by atoms with van der Waals surface area (Å²) in [6, 6.07) is 7.94. The molecule has 1 aromatic carbocycles.